The highest BCUT2D eigenvalue weighted by atomic mass is 15.1. The minimum atomic E-state index is -0.0612. The van der Waals surface area contributed by atoms with E-state index in [1.54, 1.807) is 0 Å². The van der Waals surface area contributed by atoms with Crippen molar-refractivity contribution >= 4 is 34.1 Å². The fraction of sp³-hybridized carbons (Fsp3) is 0.263. The maximum Gasteiger partial charge on any atom is 0.0543 e. The Balaban J connectivity index is 1.01. The minimum Gasteiger partial charge on any atom is -0.311 e. The summed E-state index contributed by atoms with van der Waals surface area (Å²) in [6.07, 6.45) is 12.9. The summed E-state index contributed by atoms with van der Waals surface area (Å²) >= 11 is 0. The Morgan fingerprint density at radius 2 is 0.881 bits per heavy atom. The third-order valence-corrected chi connectivity index (χ3v) is 14.1. The highest BCUT2D eigenvalue weighted by Gasteiger charge is 2.39. The summed E-state index contributed by atoms with van der Waals surface area (Å²) in [5.41, 5.74) is 16.9. The predicted molar refractivity (Wildman–Crippen MR) is 250 cm³/mol. The number of hydrogen-bond donors (Lipinski definition) is 0. The summed E-state index contributed by atoms with van der Waals surface area (Å²) in [5, 5.41) is 0. The van der Waals surface area contributed by atoms with Crippen molar-refractivity contribution in [3.63, 3.8) is 0 Å². The van der Waals surface area contributed by atoms with Crippen LogP contribution < -0.4 is 9.80 Å². The van der Waals surface area contributed by atoms with Crippen molar-refractivity contribution in [2.24, 2.45) is 0 Å². The average molecular weight is 769 g/mol. The molecule has 0 unspecified atom stereocenters. The van der Waals surface area contributed by atoms with Gasteiger partial charge < -0.3 is 9.80 Å². The van der Waals surface area contributed by atoms with Crippen LogP contribution in [0.4, 0.5) is 34.1 Å². The van der Waals surface area contributed by atoms with Gasteiger partial charge in [-0.1, -0.05) is 162 Å². The zero-order chi connectivity index (χ0) is 39.8. The van der Waals surface area contributed by atoms with Crippen LogP contribution in [-0.2, 0) is 10.8 Å². The first-order valence-electron chi connectivity index (χ1n) is 22.3. The maximum absolute atomic E-state index is 2.48. The van der Waals surface area contributed by atoms with E-state index in [-0.39, 0.29) is 10.8 Å². The molecular weight excluding hydrogens is 713 g/mol. The van der Waals surface area contributed by atoms with Gasteiger partial charge in [0.15, 0.2) is 0 Å². The molecule has 2 heteroatoms. The lowest BCUT2D eigenvalue weighted by molar-refractivity contribution is 0.346. The van der Waals surface area contributed by atoms with Crippen molar-refractivity contribution < 1.29 is 0 Å². The average Bonchev–Trinajstić information content (AvgIpc) is 3.55. The summed E-state index contributed by atoms with van der Waals surface area (Å²) < 4.78 is 0. The van der Waals surface area contributed by atoms with Crippen molar-refractivity contribution in [2.45, 2.75) is 94.8 Å². The molecule has 0 saturated heterocycles. The van der Waals surface area contributed by atoms with Gasteiger partial charge in [0.05, 0.1) is 5.69 Å². The Morgan fingerprint density at radius 3 is 1.49 bits per heavy atom. The van der Waals surface area contributed by atoms with Gasteiger partial charge in [-0.2, -0.15) is 0 Å². The first-order valence-corrected chi connectivity index (χ1v) is 22.3. The van der Waals surface area contributed by atoms with E-state index in [1.165, 1.54) is 124 Å². The maximum atomic E-state index is 2.48. The molecule has 0 aliphatic heterocycles. The second-order valence-electron chi connectivity index (χ2n) is 17.9. The summed E-state index contributed by atoms with van der Waals surface area (Å²) in [5.74, 6) is 0.702. The minimum absolute atomic E-state index is 0.0247. The molecule has 0 aromatic heterocycles. The molecule has 7 aromatic rings. The molecule has 0 N–H and O–H groups in total. The fourth-order valence-electron chi connectivity index (χ4n) is 11.0. The van der Waals surface area contributed by atoms with Gasteiger partial charge in [-0.15, -0.1) is 0 Å². The Kier molecular flexibility index (Phi) is 9.97. The van der Waals surface area contributed by atoms with Gasteiger partial charge in [0.25, 0.3) is 0 Å². The number of benzene rings is 7. The van der Waals surface area contributed by atoms with Crippen LogP contribution in [0, 0.1) is 0 Å². The molecule has 3 aliphatic carbocycles. The molecule has 294 valence electrons. The van der Waals surface area contributed by atoms with Crippen LogP contribution in [0.2, 0.25) is 0 Å². The zero-order valence-corrected chi connectivity index (χ0v) is 34.8. The number of fused-ring (bicyclic) bond motifs is 3. The molecule has 0 heterocycles. The largest absolute Gasteiger partial charge is 0.311 e. The van der Waals surface area contributed by atoms with Gasteiger partial charge in [0.1, 0.15) is 0 Å². The normalized spacial score (nSPS) is 16.8. The SMILES string of the molecule is CC1(C)c2ccccc2-c2c(N(c3ccccc3)c3ccc(C4(c5ccc(N(c6ccccc6)c6ccc(C7CCCCC7)cc6)cc5)CCCCC4)cc3)cccc21. The van der Waals surface area contributed by atoms with Gasteiger partial charge >= 0.3 is 0 Å². The quantitative estimate of drug-likeness (QED) is 0.144. The van der Waals surface area contributed by atoms with Crippen molar-refractivity contribution in [3.05, 3.63) is 204 Å². The highest BCUT2D eigenvalue weighted by molar-refractivity contribution is 5.95. The number of rotatable bonds is 9. The van der Waals surface area contributed by atoms with Gasteiger partial charge in [-0.25, -0.2) is 0 Å². The van der Waals surface area contributed by atoms with E-state index >= 15 is 0 Å². The van der Waals surface area contributed by atoms with Crippen LogP contribution in [-0.4, -0.2) is 0 Å². The fourth-order valence-corrected chi connectivity index (χ4v) is 11.0. The van der Waals surface area contributed by atoms with E-state index in [1.807, 2.05) is 0 Å². The first-order chi connectivity index (χ1) is 29.0. The van der Waals surface area contributed by atoms with Crippen molar-refractivity contribution in [1.82, 2.24) is 0 Å². The first kappa shape index (κ1) is 37.4. The van der Waals surface area contributed by atoms with E-state index in [0.717, 1.165) is 12.8 Å². The van der Waals surface area contributed by atoms with E-state index in [0.29, 0.717) is 5.92 Å². The lowest BCUT2D eigenvalue weighted by atomic mass is 9.65. The summed E-state index contributed by atoms with van der Waals surface area (Å²) in [7, 11) is 0. The van der Waals surface area contributed by atoms with E-state index in [4.69, 9.17) is 0 Å². The molecular formula is C57H56N2. The lowest BCUT2D eigenvalue weighted by Crippen LogP contribution is -2.30. The standard InChI is InChI=1S/C57H56N2/c1-56(2)52-25-14-13-24-51(52)55-53(56)26-17-27-54(55)59(47-22-11-5-12-23-47)50-38-32-45(33-39-50)57(40-15-6-16-41-57)44-30-36-49(37-31-44)58(46-20-9-4-10-21-46)48-34-28-43(29-35-48)42-18-7-3-8-19-42/h4-5,9-14,17,20-39,42H,3,6-8,15-16,18-19,40-41H2,1-2H3. The molecule has 0 spiro atoms. The molecule has 3 aliphatic rings. The number of para-hydroxylation sites is 2. The van der Waals surface area contributed by atoms with Crippen molar-refractivity contribution in [2.75, 3.05) is 9.80 Å². The van der Waals surface area contributed by atoms with E-state index in [2.05, 4.69) is 200 Å². The van der Waals surface area contributed by atoms with Crippen molar-refractivity contribution in [3.8, 4) is 11.1 Å². The second-order valence-corrected chi connectivity index (χ2v) is 17.9. The molecule has 10 rings (SSSR count). The van der Waals surface area contributed by atoms with Crippen LogP contribution in [0.15, 0.2) is 176 Å². The molecule has 0 bridgehead atoms. The number of anilines is 6. The lowest BCUT2D eigenvalue weighted by Gasteiger charge is -2.39. The Labute approximate surface area is 352 Å². The van der Waals surface area contributed by atoms with Gasteiger partial charge in [-0.3, -0.25) is 0 Å². The Morgan fingerprint density at radius 1 is 0.407 bits per heavy atom. The summed E-state index contributed by atoms with van der Waals surface area (Å²) in [4.78, 5) is 4.90. The Hall–Kier alpha value is -5.86. The Bertz CT molecular complexity index is 2500. The molecule has 59 heavy (non-hydrogen) atoms. The number of nitrogens with zero attached hydrogens (tertiary/aromatic N) is 2. The van der Waals surface area contributed by atoms with Crippen LogP contribution >= 0.6 is 0 Å². The monoisotopic (exact) mass is 768 g/mol. The topological polar surface area (TPSA) is 6.48 Å². The van der Waals surface area contributed by atoms with Crippen molar-refractivity contribution in [1.29, 1.82) is 0 Å². The molecule has 2 nitrogen and oxygen atoms in total. The van der Waals surface area contributed by atoms with Crippen LogP contribution in [0.1, 0.15) is 112 Å². The molecule has 7 aromatic carbocycles. The second kappa shape index (κ2) is 15.7. The number of hydrogen-bond acceptors (Lipinski definition) is 2. The van der Waals surface area contributed by atoms with Gasteiger partial charge in [0, 0.05) is 44.8 Å². The molecule has 0 radical (unpaired) electrons. The van der Waals surface area contributed by atoms with Crippen LogP contribution in [0.3, 0.4) is 0 Å². The van der Waals surface area contributed by atoms with Crippen LogP contribution in [0.5, 0.6) is 0 Å². The predicted octanol–water partition coefficient (Wildman–Crippen LogP) is 16.2. The highest BCUT2D eigenvalue weighted by Crippen LogP contribution is 2.54. The summed E-state index contributed by atoms with van der Waals surface area (Å²) in [6, 6.07) is 66.4. The molecule has 2 saturated carbocycles. The van der Waals surface area contributed by atoms with Crippen LogP contribution in [0.25, 0.3) is 11.1 Å². The van der Waals surface area contributed by atoms with E-state index < -0.39 is 0 Å². The van der Waals surface area contributed by atoms with Gasteiger partial charge in [0.2, 0.25) is 0 Å². The molecule has 0 amide bonds. The molecule has 0 atom stereocenters. The van der Waals surface area contributed by atoms with E-state index in [9.17, 15) is 0 Å². The third kappa shape index (κ3) is 6.77. The zero-order valence-electron chi connectivity index (χ0n) is 34.8. The molecule has 2 fully saturated rings. The summed E-state index contributed by atoms with van der Waals surface area (Å²) in [6.45, 7) is 4.74. The smallest absolute Gasteiger partial charge is 0.0543 e. The third-order valence-electron chi connectivity index (χ3n) is 14.1. The van der Waals surface area contributed by atoms with Gasteiger partial charge in [-0.05, 0) is 132 Å².